The summed E-state index contributed by atoms with van der Waals surface area (Å²) in [4.78, 5) is 10.3. The molecule has 0 aliphatic rings. The van der Waals surface area contributed by atoms with Crippen LogP contribution in [-0.4, -0.2) is 22.3 Å². The Labute approximate surface area is 143 Å². The summed E-state index contributed by atoms with van der Waals surface area (Å²) in [5, 5.41) is 18.4. The fourth-order valence-corrected chi connectivity index (χ4v) is 2.84. The van der Waals surface area contributed by atoms with Crippen LogP contribution < -0.4 is 0 Å². The second-order valence-corrected chi connectivity index (χ2v) is 6.65. The van der Waals surface area contributed by atoms with Crippen molar-refractivity contribution in [2.75, 3.05) is 0 Å². The molecule has 0 heterocycles. The van der Waals surface area contributed by atoms with Crippen LogP contribution in [0.1, 0.15) is 103 Å². The Morgan fingerprint density at radius 1 is 0.826 bits per heavy atom. The average Bonchev–Trinajstić information content (AvgIpc) is 2.52. The third-order valence-electron chi connectivity index (χ3n) is 4.31. The van der Waals surface area contributed by atoms with E-state index in [0.717, 1.165) is 32.1 Å². The zero-order chi connectivity index (χ0) is 17.2. The van der Waals surface area contributed by atoms with Gasteiger partial charge in [-0.25, -0.2) is 4.79 Å². The quantitative estimate of drug-likeness (QED) is 0.260. The predicted octanol–water partition coefficient (Wildman–Crippen LogP) is 5.86. The van der Waals surface area contributed by atoms with Crippen molar-refractivity contribution in [1.82, 2.24) is 0 Å². The number of unbranched alkanes of at least 4 members (excludes halogenated alkanes) is 11. The fraction of sp³-hybridized carbons (Fsp3) is 0.850. The van der Waals surface area contributed by atoms with Gasteiger partial charge in [0.05, 0.1) is 6.10 Å². The molecule has 2 N–H and O–H groups in total. The van der Waals surface area contributed by atoms with E-state index in [1.54, 1.807) is 6.08 Å². The standard InChI is InChI=1S/C20H38O3/c1-2-3-4-5-10-13-16-19(21)17-14-11-8-6-7-9-12-15-18-20(22)23/h15,18-19,21H,2-14,16-17H2,1H3,(H,22,23). The second kappa shape index (κ2) is 17.5. The van der Waals surface area contributed by atoms with Crippen molar-refractivity contribution in [3.8, 4) is 0 Å². The Kier molecular flexibility index (Phi) is 16.9. The highest BCUT2D eigenvalue weighted by atomic mass is 16.4. The maximum absolute atomic E-state index is 10.3. The van der Waals surface area contributed by atoms with Crippen molar-refractivity contribution in [3.63, 3.8) is 0 Å². The summed E-state index contributed by atoms with van der Waals surface area (Å²) in [6, 6.07) is 0. The molecule has 0 aromatic rings. The number of aliphatic hydroxyl groups is 1. The van der Waals surface area contributed by atoms with Gasteiger partial charge >= 0.3 is 5.97 Å². The van der Waals surface area contributed by atoms with Crippen molar-refractivity contribution in [3.05, 3.63) is 12.2 Å². The van der Waals surface area contributed by atoms with Crippen molar-refractivity contribution < 1.29 is 15.0 Å². The molecule has 0 spiro atoms. The van der Waals surface area contributed by atoms with E-state index in [9.17, 15) is 9.90 Å². The van der Waals surface area contributed by atoms with Gasteiger partial charge in [-0.3, -0.25) is 0 Å². The summed E-state index contributed by atoms with van der Waals surface area (Å²) < 4.78 is 0. The minimum absolute atomic E-state index is 0.0951. The van der Waals surface area contributed by atoms with Gasteiger partial charge in [0.2, 0.25) is 0 Å². The average molecular weight is 327 g/mol. The fourth-order valence-electron chi connectivity index (χ4n) is 2.84. The van der Waals surface area contributed by atoms with Gasteiger partial charge in [0.25, 0.3) is 0 Å². The number of hydrogen-bond donors (Lipinski definition) is 2. The number of hydrogen-bond acceptors (Lipinski definition) is 2. The SMILES string of the molecule is CCCCCCCCC(O)CCCCCCCCC=CC(=O)O. The van der Waals surface area contributed by atoms with Crippen LogP contribution in [0, 0.1) is 0 Å². The molecule has 3 nitrogen and oxygen atoms in total. The molecule has 1 atom stereocenters. The molecule has 3 heteroatoms. The van der Waals surface area contributed by atoms with Crippen LogP contribution in [0.25, 0.3) is 0 Å². The molecular weight excluding hydrogens is 288 g/mol. The van der Waals surface area contributed by atoms with Gasteiger partial charge in [0.1, 0.15) is 0 Å². The summed E-state index contributed by atoms with van der Waals surface area (Å²) >= 11 is 0. The normalized spacial score (nSPS) is 12.8. The van der Waals surface area contributed by atoms with Crippen molar-refractivity contribution >= 4 is 5.97 Å². The Balaban J connectivity index is 3.20. The second-order valence-electron chi connectivity index (χ2n) is 6.65. The number of allylic oxidation sites excluding steroid dienone is 1. The molecule has 136 valence electrons. The van der Waals surface area contributed by atoms with Crippen LogP contribution >= 0.6 is 0 Å². The molecule has 0 saturated carbocycles. The summed E-state index contributed by atoms with van der Waals surface area (Å²) in [5.41, 5.74) is 0. The lowest BCUT2D eigenvalue weighted by molar-refractivity contribution is -0.131. The van der Waals surface area contributed by atoms with Gasteiger partial charge < -0.3 is 10.2 Å². The van der Waals surface area contributed by atoms with Gasteiger partial charge in [0.15, 0.2) is 0 Å². The first-order valence-corrected chi connectivity index (χ1v) is 9.74. The molecule has 0 rings (SSSR count). The van der Waals surface area contributed by atoms with Gasteiger partial charge in [-0.1, -0.05) is 83.6 Å². The number of aliphatic hydroxyl groups excluding tert-OH is 1. The topological polar surface area (TPSA) is 57.5 Å². The molecule has 0 bridgehead atoms. The van der Waals surface area contributed by atoms with Crippen LogP contribution in [0.4, 0.5) is 0 Å². The van der Waals surface area contributed by atoms with E-state index in [0.29, 0.717) is 0 Å². The number of aliphatic carboxylic acids is 1. The molecule has 0 aliphatic carbocycles. The van der Waals surface area contributed by atoms with Crippen LogP contribution in [0.3, 0.4) is 0 Å². The van der Waals surface area contributed by atoms with E-state index < -0.39 is 5.97 Å². The third-order valence-corrected chi connectivity index (χ3v) is 4.31. The molecule has 0 aliphatic heterocycles. The van der Waals surface area contributed by atoms with E-state index in [2.05, 4.69) is 6.92 Å². The molecule has 0 aromatic carbocycles. The van der Waals surface area contributed by atoms with E-state index >= 15 is 0 Å². The molecule has 0 amide bonds. The lowest BCUT2D eigenvalue weighted by Gasteiger charge is -2.10. The first-order chi connectivity index (χ1) is 11.2. The van der Waals surface area contributed by atoms with Crippen molar-refractivity contribution in [1.29, 1.82) is 0 Å². The number of carboxylic acid groups (broad SMARTS) is 1. The first kappa shape index (κ1) is 22.2. The minimum Gasteiger partial charge on any atom is -0.478 e. The van der Waals surface area contributed by atoms with E-state index in [-0.39, 0.29) is 6.10 Å². The lowest BCUT2D eigenvalue weighted by Crippen LogP contribution is -2.05. The van der Waals surface area contributed by atoms with Crippen molar-refractivity contribution in [2.24, 2.45) is 0 Å². The minimum atomic E-state index is -0.857. The zero-order valence-electron chi connectivity index (χ0n) is 15.1. The van der Waals surface area contributed by atoms with E-state index in [1.165, 1.54) is 70.3 Å². The van der Waals surface area contributed by atoms with Crippen LogP contribution in [-0.2, 0) is 4.79 Å². The molecular formula is C20H38O3. The molecule has 1 unspecified atom stereocenters. The van der Waals surface area contributed by atoms with E-state index in [4.69, 9.17) is 5.11 Å². The maximum atomic E-state index is 10.3. The predicted molar refractivity (Wildman–Crippen MR) is 97.7 cm³/mol. The van der Waals surface area contributed by atoms with Crippen LogP contribution in [0.5, 0.6) is 0 Å². The number of carboxylic acids is 1. The summed E-state index contributed by atoms with van der Waals surface area (Å²) in [5.74, 6) is -0.857. The Hall–Kier alpha value is -0.830. The summed E-state index contributed by atoms with van der Waals surface area (Å²) in [7, 11) is 0. The lowest BCUT2D eigenvalue weighted by atomic mass is 10.0. The molecule has 0 radical (unpaired) electrons. The highest BCUT2D eigenvalue weighted by Crippen LogP contribution is 2.14. The van der Waals surface area contributed by atoms with Crippen LogP contribution in [0.15, 0.2) is 12.2 Å². The largest absolute Gasteiger partial charge is 0.478 e. The van der Waals surface area contributed by atoms with E-state index in [1.807, 2.05) is 0 Å². The monoisotopic (exact) mass is 326 g/mol. The number of rotatable bonds is 17. The summed E-state index contributed by atoms with van der Waals surface area (Å²) in [6.07, 6.45) is 20.4. The highest BCUT2D eigenvalue weighted by molar-refractivity contribution is 5.79. The first-order valence-electron chi connectivity index (χ1n) is 9.74. The smallest absolute Gasteiger partial charge is 0.327 e. The molecule has 0 aromatic heterocycles. The molecule has 23 heavy (non-hydrogen) atoms. The third kappa shape index (κ3) is 19.1. The van der Waals surface area contributed by atoms with Gasteiger partial charge in [-0.05, 0) is 25.7 Å². The Morgan fingerprint density at radius 2 is 1.30 bits per heavy atom. The Bertz CT molecular complexity index is 287. The molecule has 0 fully saturated rings. The van der Waals surface area contributed by atoms with Crippen LogP contribution in [0.2, 0.25) is 0 Å². The molecule has 0 saturated heterocycles. The number of carbonyl (C=O) groups is 1. The Morgan fingerprint density at radius 3 is 1.83 bits per heavy atom. The van der Waals surface area contributed by atoms with Gasteiger partial charge in [-0.15, -0.1) is 0 Å². The highest BCUT2D eigenvalue weighted by Gasteiger charge is 2.03. The zero-order valence-corrected chi connectivity index (χ0v) is 15.1. The van der Waals surface area contributed by atoms with Gasteiger partial charge in [-0.2, -0.15) is 0 Å². The maximum Gasteiger partial charge on any atom is 0.327 e. The summed E-state index contributed by atoms with van der Waals surface area (Å²) in [6.45, 7) is 2.24. The van der Waals surface area contributed by atoms with Gasteiger partial charge in [0, 0.05) is 6.08 Å². The van der Waals surface area contributed by atoms with Crippen molar-refractivity contribution in [2.45, 2.75) is 109 Å².